The fourth-order valence-corrected chi connectivity index (χ4v) is 2.28. The first-order valence-electron chi connectivity index (χ1n) is 7.18. The summed E-state index contributed by atoms with van der Waals surface area (Å²) in [6, 6.07) is 17.8. The second kappa shape index (κ2) is 7.11. The van der Waals surface area contributed by atoms with Crippen molar-refractivity contribution in [2.24, 2.45) is 0 Å². The Morgan fingerprint density at radius 3 is 2.35 bits per heavy atom. The highest BCUT2D eigenvalue weighted by molar-refractivity contribution is 5.37. The van der Waals surface area contributed by atoms with Crippen molar-refractivity contribution in [3.63, 3.8) is 0 Å². The van der Waals surface area contributed by atoms with E-state index in [0.29, 0.717) is 6.61 Å². The van der Waals surface area contributed by atoms with Crippen LogP contribution < -0.4 is 4.74 Å². The Kier molecular flexibility index (Phi) is 5.19. The molecule has 0 saturated heterocycles. The van der Waals surface area contributed by atoms with Crippen LogP contribution in [0.3, 0.4) is 0 Å². The van der Waals surface area contributed by atoms with Crippen LogP contribution in [-0.4, -0.2) is 11.7 Å². The zero-order chi connectivity index (χ0) is 14.4. The lowest BCUT2D eigenvalue weighted by atomic mass is 9.90. The van der Waals surface area contributed by atoms with Crippen molar-refractivity contribution >= 4 is 0 Å². The Morgan fingerprint density at radius 1 is 1.00 bits per heavy atom. The van der Waals surface area contributed by atoms with Gasteiger partial charge in [0.2, 0.25) is 0 Å². The number of aliphatic hydroxyl groups is 1. The Bertz CT molecular complexity index is 522. The van der Waals surface area contributed by atoms with Crippen molar-refractivity contribution in [1.82, 2.24) is 0 Å². The van der Waals surface area contributed by atoms with Crippen LogP contribution in [0.5, 0.6) is 5.75 Å². The first-order chi connectivity index (χ1) is 9.74. The summed E-state index contributed by atoms with van der Waals surface area (Å²) in [6.45, 7) is 4.78. The van der Waals surface area contributed by atoms with Gasteiger partial charge in [-0.25, -0.2) is 0 Å². The molecule has 2 rings (SSSR count). The van der Waals surface area contributed by atoms with Crippen LogP contribution in [-0.2, 0) is 0 Å². The molecule has 0 radical (unpaired) electrons. The van der Waals surface area contributed by atoms with Gasteiger partial charge in [-0.1, -0.05) is 62.4 Å². The lowest BCUT2D eigenvalue weighted by Gasteiger charge is -2.22. The molecule has 20 heavy (non-hydrogen) atoms. The minimum absolute atomic E-state index is 0.0302. The van der Waals surface area contributed by atoms with Gasteiger partial charge in [0.05, 0.1) is 12.7 Å². The molecule has 0 aliphatic rings. The van der Waals surface area contributed by atoms with E-state index >= 15 is 0 Å². The third kappa shape index (κ3) is 3.40. The van der Waals surface area contributed by atoms with Crippen molar-refractivity contribution in [2.45, 2.75) is 32.3 Å². The normalized spacial score (nSPS) is 13.8. The lowest BCUT2D eigenvalue weighted by molar-refractivity contribution is 0.146. The van der Waals surface area contributed by atoms with Crippen LogP contribution in [0.1, 0.15) is 43.4 Å². The predicted molar refractivity (Wildman–Crippen MR) is 82.0 cm³/mol. The van der Waals surface area contributed by atoms with E-state index < -0.39 is 6.10 Å². The number of rotatable bonds is 6. The molecule has 0 aliphatic carbocycles. The van der Waals surface area contributed by atoms with Crippen molar-refractivity contribution in [1.29, 1.82) is 0 Å². The third-order valence-corrected chi connectivity index (χ3v) is 3.50. The molecule has 2 aromatic rings. The number of benzene rings is 2. The largest absolute Gasteiger partial charge is 0.493 e. The van der Waals surface area contributed by atoms with E-state index in [4.69, 9.17) is 4.74 Å². The van der Waals surface area contributed by atoms with E-state index in [1.807, 2.05) is 61.5 Å². The summed E-state index contributed by atoms with van der Waals surface area (Å²) in [4.78, 5) is 0. The van der Waals surface area contributed by atoms with Gasteiger partial charge in [0.15, 0.2) is 0 Å². The first-order valence-corrected chi connectivity index (χ1v) is 7.18. The van der Waals surface area contributed by atoms with E-state index in [1.165, 1.54) is 0 Å². The van der Waals surface area contributed by atoms with Crippen LogP contribution in [0.25, 0.3) is 0 Å². The van der Waals surface area contributed by atoms with Crippen molar-refractivity contribution < 1.29 is 9.84 Å². The second-order valence-electron chi connectivity index (χ2n) is 5.03. The summed E-state index contributed by atoms with van der Waals surface area (Å²) < 4.78 is 5.73. The van der Waals surface area contributed by atoms with Gasteiger partial charge in [0, 0.05) is 11.5 Å². The zero-order valence-electron chi connectivity index (χ0n) is 12.1. The fraction of sp³-hybridized carbons (Fsp3) is 0.333. The van der Waals surface area contributed by atoms with Gasteiger partial charge in [-0.15, -0.1) is 0 Å². The molecule has 0 heterocycles. The first kappa shape index (κ1) is 14.6. The molecule has 2 unspecified atom stereocenters. The topological polar surface area (TPSA) is 29.5 Å². The number of aliphatic hydroxyl groups excluding tert-OH is 1. The van der Waals surface area contributed by atoms with Gasteiger partial charge in [-0.2, -0.15) is 0 Å². The molecule has 0 saturated carbocycles. The summed E-state index contributed by atoms with van der Waals surface area (Å²) in [6.07, 6.45) is 0.393. The predicted octanol–water partition coefficient (Wildman–Crippen LogP) is 4.31. The molecule has 106 valence electrons. The molecule has 0 aromatic heterocycles. The Labute approximate surface area is 121 Å². The average molecular weight is 270 g/mol. The van der Waals surface area contributed by atoms with Crippen LogP contribution in [0.4, 0.5) is 0 Å². The van der Waals surface area contributed by atoms with E-state index in [9.17, 15) is 5.11 Å². The monoisotopic (exact) mass is 270 g/mol. The quantitative estimate of drug-likeness (QED) is 0.847. The summed E-state index contributed by atoms with van der Waals surface area (Å²) in [5.41, 5.74) is 1.99. The molecular weight excluding hydrogens is 248 g/mol. The minimum atomic E-state index is -0.564. The van der Waals surface area contributed by atoms with Crippen LogP contribution >= 0.6 is 0 Å². The smallest absolute Gasteiger partial charge is 0.125 e. The molecule has 2 atom stereocenters. The molecule has 0 spiro atoms. The molecule has 0 bridgehead atoms. The van der Waals surface area contributed by atoms with Gasteiger partial charge in [0.1, 0.15) is 5.75 Å². The van der Waals surface area contributed by atoms with Gasteiger partial charge < -0.3 is 9.84 Å². The average Bonchev–Trinajstić information content (AvgIpc) is 2.52. The Hall–Kier alpha value is -1.80. The highest BCUT2D eigenvalue weighted by Crippen LogP contribution is 2.35. The van der Waals surface area contributed by atoms with E-state index in [0.717, 1.165) is 23.3 Å². The zero-order valence-corrected chi connectivity index (χ0v) is 12.1. The summed E-state index contributed by atoms with van der Waals surface area (Å²) >= 11 is 0. The maximum Gasteiger partial charge on any atom is 0.125 e. The molecule has 0 aliphatic heterocycles. The van der Waals surface area contributed by atoms with Gasteiger partial charge in [0.25, 0.3) is 0 Å². The number of hydrogen-bond acceptors (Lipinski definition) is 2. The summed E-state index contributed by atoms with van der Waals surface area (Å²) in [5, 5.41) is 10.6. The molecule has 2 heteroatoms. The summed E-state index contributed by atoms with van der Waals surface area (Å²) in [7, 11) is 0. The van der Waals surface area contributed by atoms with Crippen LogP contribution in [0.15, 0.2) is 54.6 Å². The van der Waals surface area contributed by atoms with E-state index in [1.54, 1.807) is 0 Å². The maximum absolute atomic E-state index is 10.6. The molecule has 2 nitrogen and oxygen atoms in total. The Balaban J connectivity index is 2.22. The van der Waals surface area contributed by atoms with Gasteiger partial charge >= 0.3 is 0 Å². The van der Waals surface area contributed by atoms with Crippen molar-refractivity contribution in [3.8, 4) is 5.75 Å². The van der Waals surface area contributed by atoms with Crippen LogP contribution in [0, 0.1) is 0 Å². The van der Waals surface area contributed by atoms with Gasteiger partial charge in [-0.3, -0.25) is 0 Å². The van der Waals surface area contributed by atoms with Crippen molar-refractivity contribution in [2.75, 3.05) is 6.61 Å². The number of ether oxygens (including phenoxy) is 1. The number of hydrogen-bond donors (Lipinski definition) is 1. The van der Waals surface area contributed by atoms with E-state index in [2.05, 4.69) is 6.92 Å². The fourth-order valence-electron chi connectivity index (χ4n) is 2.28. The minimum Gasteiger partial charge on any atom is -0.493 e. The third-order valence-electron chi connectivity index (χ3n) is 3.50. The lowest BCUT2D eigenvalue weighted by Crippen LogP contribution is -2.10. The second-order valence-corrected chi connectivity index (χ2v) is 5.03. The number of para-hydroxylation sites is 1. The molecule has 1 N–H and O–H groups in total. The Morgan fingerprint density at radius 2 is 1.65 bits per heavy atom. The molecule has 2 aromatic carbocycles. The van der Waals surface area contributed by atoms with Crippen LogP contribution in [0.2, 0.25) is 0 Å². The highest BCUT2D eigenvalue weighted by atomic mass is 16.5. The van der Waals surface area contributed by atoms with E-state index in [-0.39, 0.29) is 5.92 Å². The highest BCUT2D eigenvalue weighted by Gasteiger charge is 2.21. The standard InChI is InChI=1S/C18H22O2/c1-3-13-20-17-12-8-7-11-16(17)18(19)14(2)15-9-5-4-6-10-15/h4-12,14,18-19H,3,13H2,1-2H3. The molecular formula is C18H22O2. The maximum atomic E-state index is 10.6. The molecule has 0 amide bonds. The summed E-state index contributed by atoms with van der Waals surface area (Å²) in [5.74, 6) is 0.812. The van der Waals surface area contributed by atoms with Gasteiger partial charge in [-0.05, 0) is 18.1 Å². The van der Waals surface area contributed by atoms with Crippen molar-refractivity contribution in [3.05, 3.63) is 65.7 Å². The SMILES string of the molecule is CCCOc1ccccc1C(O)C(C)c1ccccc1. The molecule has 0 fully saturated rings.